The maximum absolute atomic E-state index is 13.0. The van der Waals surface area contributed by atoms with Crippen LogP contribution in [0, 0.1) is 12.8 Å². The van der Waals surface area contributed by atoms with Crippen LogP contribution in [-0.2, 0) is 6.54 Å². The minimum Gasteiger partial charge on any atom is -0.452 e. The summed E-state index contributed by atoms with van der Waals surface area (Å²) in [5.74, 6) is 1.64. The number of H-pyrrole nitrogens is 1. The maximum atomic E-state index is 13.0. The predicted octanol–water partition coefficient (Wildman–Crippen LogP) is 4.11. The highest BCUT2D eigenvalue weighted by molar-refractivity contribution is 6.15. The summed E-state index contributed by atoms with van der Waals surface area (Å²) in [5.41, 5.74) is 4.26. The molecule has 2 aliphatic heterocycles. The molecule has 148 valence electrons. The molecule has 5 rings (SSSR count). The van der Waals surface area contributed by atoms with Crippen LogP contribution in [0.2, 0.25) is 0 Å². The Labute approximate surface area is 169 Å². The summed E-state index contributed by atoms with van der Waals surface area (Å²) in [5, 5.41) is 8.06. The Bertz CT molecular complexity index is 1130. The summed E-state index contributed by atoms with van der Waals surface area (Å²) in [6, 6.07) is 7.69. The first-order chi connectivity index (χ1) is 14.1. The second-order valence-electron chi connectivity index (χ2n) is 8.17. The molecule has 0 radical (unpaired) electrons. The van der Waals surface area contributed by atoms with E-state index in [2.05, 4.69) is 33.9 Å². The number of fused-ring (bicyclic) bond motifs is 2. The molecule has 1 N–H and O–H groups in total. The molecule has 0 aliphatic carbocycles. The zero-order valence-corrected chi connectivity index (χ0v) is 16.7. The number of ether oxygens (including phenoxy) is 1. The number of nitrogens with one attached hydrogen (secondary N) is 1. The van der Waals surface area contributed by atoms with Crippen LogP contribution in [0.4, 0.5) is 0 Å². The number of carbonyl (C=O) groups excluding carboxylic acids is 1. The number of nitrogens with zero attached hydrogens (tertiary/aromatic N) is 3. The first kappa shape index (κ1) is 18.1. The molecule has 0 unspecified atom stereocenters. The summed E-state index contributed by atoms with van der Waals surface area (Å²) >= 11 is 0. The average Bonchev–Trinajstić information content (AvgIpc) is 3.26. The number of benzene rings is 1. The summed E-state index contributed by atoms with van der Waals surface area (Å²) in [6.45, 7) is 7.39. The predicted molar refractivity (Wildman–Crippen MR) is 112 cm³/mol. The second-order valence-corrected chi connectivity index (χ2v) is 8.17. The Kier molecular flexibility index (Phi) is 4.43. The van der Waals surface area contributed by atoms with Crippen molar-refractivity contribution in [2.45, 2.75) is 33.2 Å². The van der Waals surface area contributed by atoms with E-state index in [1.54, 1.807) is 12.3 Å². The van der Waals surface area contributed by atoms with Gasteiger partial charge in [-0.2, -0.15) is 5.10 Å². The molecule has 3 aromatic rings. The van der Waals surface area contributed by atoms with Gasteiger partial charge in [0.15, 0.2) is 11.4 Å². The minimum absolute atomic E-state index is 0.0895. The number of pyridine rings is 1. The third-order valence-electron chi connectivity index (χ3n) is 5.93. The van der Waals surface area contributed by atoms with Gasteiger partial charge in [-0.1, -0.05) is 13.0 Å². The van der Waals surface area contributed by atoms with Gasteiger partial charge in [-0.3, -0.25) is 14.8 Å². The number of rotatable bonds is 3. The Morgan fingerprint density at radius 2 is 2.24 bits per heavy atom. The highest BCUT2D eigenvalue weighted by atomic mass is 16.5. The maximum Gasteiger partial charge on any atom is 0.232 e. The molecule has 0 amide bonds. The molecule has 4 heterocycles. The van der Waals surface area contributed by atoms with Gasteiger partial charge in [0.1, 0.15) is 5.75 Å². The monoisotopic (exact) mass is 388 g/mol. The zero-order chi connectivity index (χ0) is 20.0. The van der Waals surface area contributed by atoms with Crippen LogP contribution in [0.5, 0.6) is 5.75 Å². The lowest BCUT2D eigenvalue weighted by Gasteiger charge is -2.31. The van der Waals surface area contributed by atoms with E-state index in [9.17, 15) is 4.79 Å². The first-order valence-electron chi connectivity index (χ1n) is 10.2. The fraction of sp³-hybridized carbons (Fsp3) is 0.348. The van der Waals surface area contributed by atoms with Crippen molar-refractivity contribution in [3.8, 4) is 5.75 Å². The van der Waals surface area contributed by atoms with E-state index in [1.165, 1.54) is 12.8 Å². The number of ketones is 1. The highest BCUT2D eigenvalue weighted by Crippen LogP contribution is 2.38. The van der Waals surface area contributed by atoms with Gasteiger partial charge in [0.05, 0.1) is 11.3 Å². The molecule has 1 atom stereocenters. The third kappa shape index (κ3) is 3.23. The molecular weight excluding hydrogens is 364 g/mol. The molecule has 1 fully saturated rings. The number of Topliss-reactive ketones (excluding diaryl/α,β-unsaturated/α-hetero) is 1. The van der Waals surface area contributed by atoms with Gasteiger partial charge in [-0.25, -0.2) is 4.98 Å². The van der Waals surface area contributed by atoms with Crippen LogP contribution in [0.25, 0.3) is 17.1 Å². The van der Waals surface area contributed by atoms with Crippen molar-refractivity contribution in [2.75, 3.05) is 13.1 Å². The molecule has 1 aromatic carbocycles. The van der Waals surface area contributed by atoms with E-state index in [0.29, 0.717) is 34.3 Å². The van der Waals surface area contributed by atoms with Gasteiger partial charge in [-0.15, -0.1) is 0 Å². The van der Waals surface area contributed by atoms with E-state index >= 15 is 0 Å². The van der Waals surface area contributed by atoms with Crippen molar-refractivity contribution in [1.82, 2.24) is 20.1 Å². The molecule has 1 saturated heterocycles. The number of carbonyl (C=O) groups is 1. The Hall–Kier alpha value is -2.99. The molecule has 29 heavy (non-hydrogen) atoms. The number of aromatic nitrogens is 3. The number of allylic oxidation sites excluding steroid dienone is 1. The lowest BCUT2D eigenvalue weighted by Crippen LogP contribution is -2.34. The van der Waals surface area contributed by atoms with Crippen LogP contribution in [0.15, 0.2) is 36.2 Å². The van der Waals surface area contributed by atoms with Crippen molar-refractivity contribution in [1.29, 1.82) is 0 Å². The molecule has 2 aromatic heterocycles. The number of aromatic amines is 1. The summed E-state index contributed by atoms with van der Waals surface area (Å²) in [6.07, 6.45) is 5.93. The normalized spacial score (nSPS) is 21.0. The summed E-state index contributed by atoms with van der Waals surface area (Å²) in [4.78, 5) is 19.7. The van der Waals surface area contributed by atoms with Gasteiger partial charge in [-0.05, 0) is 56.0 Å². The molecular formula is C23H24N4O2. The molecule has 0 saturated carbocycles. The van der Waals surface area contributed by atoms with Crippen molar-refractivity contribution in [2.24, 2.45) is 5.92 Å². The van der Waals surface area contributed by atoms with Crippen LogP contribution >= 0.6 is 0 Å². The van der Waals surface area contributed by atoms with Crippen molar-refractivity contribution >= 4 is 22.9 Å². The molecule has 0 spiro atoms. The fourth-order valence-corrected chi connectivity index (χ4v) is 4.36. The SMILES string of the molecule is Cc1ccc2c(c1CN1CCC[C@H](C)C1)O/C(=C\c1n[nH]c3ncccc13)C2=O. The quantitative estimate of drug-likeness (QED) is 0.684. The standard InChI is InChI=1S/C23H24N4O2/c1-14-5-4-10-27(12-14)13-18-15(2)7-8-17-21(28)20(29-22(17)18)11-19-16-6-3-9-24-23(16)26-25-19/h3,6-9,11,14H,4-5,10,12-13H2,1-2H3,(H,24,25,26)/b20-11-/t14-/m0/s1. The first-order valence-corrected chi connectivity index (χ1v) is 10.2. The Balaban J connectivity index is 1.49. The topological polar surface area (TPSA) is 71.1 Å². The van der Waals surface area contributed by atoms with Gasteiger partial charge in [0.2, 0.25) is 5.78 Å². The molecule has 6 nitrogen and oxygen atoms in total. The number of aryl methyl sites for hydroxylation is 1. The number of hydrogen-bond donors (Lipinski definition) is 1. The number of hydrogen-bond acceptors (Lipinski definition) is 5. The van der Waals surface area contributed by atoms with Gasteiger partial charge < -0.3 is 4.74 Å². The minimum atomic E-state index is -0.0895. The summed E-state index contributed by atoms with van der Waals surface area (Å²) < 4.78 is 6.13. The fourth-order valence-electron chi connectivity index (χ4n) is 4.36. The van der Waals surface area contributed by atoms with Crippen LogP contribution < -0.4 is 4.74 Å². The van der Waals surface area contributed by atoms with Crippen molar-refractivity contribution < 1.29 is 9.53 Å². The molecule has 0 bridgehead atoms. The number of piperidine rings is 1. The molecule has 6 heteroatoms. The largest absolute Gasteiger partial charge is 0.452 e. The highest BCUT2D eigenvalue weighted by Gasteiger charge is 2.31. The van der Waals surface area contributed by atoms with Crippen LogP contribution in [0.3, 0.4) is 0 Å². The van der Waals surface area contributed by atoms with E-state index in [4.69, 9.17) is 4.74 Å². The smallest absolute Gasteiger partial charge is 0.232 e. The average molecular weight is 388 g/mol. The van der Waals surface area contributed by atoms with Gasteiger partial charge in [0, 0.05) is 36.3 Å². The zero-order valence-electron chi connectivity index (χ0n) is 16.7. The summed E-state index contributed by atoms with van der Waals surface area (Å²) in [7, 11) is 0. The van der Waals surface area contributed by atoms with Gasteiger partial charge >= 0.3 is 0 Å². The second kappa shape index (κ2) is 7.12. The Morgan fingerprint density at radius 1 is 1.34 bits per heavy atom. The van der Waals surface area contributed by atoms with E-state index < -0.39 is 0 Å². The Morgan fingerprint density at radius 3 is 3.10 bits per heavy atom. The van der Waals surface area contributed by atoms with E-state index in [1.807, 2.05) is 24.3 Å². The lowest BCUT2D eigenvalue weighted by atomic mass is 9.97. The van der Waals surface area contributed by atoms with Crippen molar-refractivity contribution in [3.05, 3.63) is 58.6 Å². The van der Waals surface area contributed by atoms with Crippen LogP contribution in [0.1, 0.15) is 46.9 Å². The third-order valence-corrected chi connectivity index (χ3v) is 5.93. The number of likely N-dealkylation sites (tertiary alicyclic amines) is 1. The van der Waals surface area contributed by atoms with Gasteiger partial charge in [0.25, 0.3) is 0 Å². The van der Waals surface area contributed by atoms with Crippen LogP contribution in [-0.4, -0.2) is 39.0 Å². The lowest BCUT2D eigenvalue weighted by molar-refractivity contribution is 0.101. The van der Waals surface area contributed by atoms with E-state index in [-0.39, 0.29) is 5.78 Å². The van der Waals surface area contributed by atoms with Crippen molar-refractivity contribution in [3.63, 3.8) is 0 Å². The molecule has 2 aliphatic rings. The van der Waals surface area contributed by atoms with E-state index in [0.717, 1.165) is 36.1 Å².